The molecule has 0 radical (unpaired) electrons. The molecule has 0 aromatic carbocycles. The van der Waals surface area contributed by atoms with Gasteiger partial charge in [0, 0.05) is 56.6 Å². The fourth-order valence-corrected chi connectivity index (χ4v) is 6.20. The topological polar surface area (TPSA) is 117 Å². The Morgan fingerprint density at radius 3 is 2.69 bits per heavy atom. The fourth-order valence-electron chi connectivity index (χ4n) is 5.23. The number of nitrogens with one attached hydrogen (secondary N) is 1. The van der Waals surface area contributed by atoms with Crippen LogP contribution in [0.2, 0.25) is 0 Å². The third kappa shape index (κ3) is 5.09. The number of piperazine rings is 1. The molecule has 4 aromatic heterocycles. The van der Waals surface area contributed by atoms with Gasteiger partial charge in [-0.15, -0.1) is 0 Å². The first-order valence-electron chi connectivity index (χ1n) is 13.3. The number of ether oxygens (including phenoxy) is 2. The van der Waals surface area contributed by atoms with E-state index in [1.165, 1.54) is 6.33 Å². The Labute approximate surface area is 230 Å². The molecule has 0 saturated carbocycles. The Hall–Kier alpha value is -3.55. The summed E-state index contributed by atoms with van der Waals surface area (Å²) in [5.41, 5.74) is 4.42. The van der Waals surface area contributed by atoms with E-state index < -0.39 is 0 Å². The van der Waals surface area contributed by atoms with Crippen LogP contribution in [0.15, 0.2) is 24.8 Å². The van der Waals surface area contributed by atoms with Gasteiger partial charge in [-0.05, 0) is 12.0 Å². The van der Waals surface area contributed by atoms with Crippen LogP contribution >= 0.6 is 11.3 Å². The summed E-state index contributed by atoms with van der Waals surface area (Å²) < 4.78 is 12.7. The van der Waals surface area contributed by atoms with Gasteiger partial charge < -0.3 is 19.3 Å². The molecule has 13 heteroatoms. The number of carbonyl (C=O) groups is 1. The van der Waals surface area contributed by atoms with Crippen LogP contribution in [0.25, 0.3) is 27.6 Å². The van der Waals surface area contributed by atoms with Gasteiger partial charge in [-0.1, -0.05) is 25.2 Å². The number of methoxy groups -OCH3 is 1. The highest BCUT2D eigenvalue weighted by atomic mass is 32.1. The summed E-state index contributed by atoms with van der Waals surface area (Å²) in [5.74, 6) is 1.05. The van der Waals surface area contributed by atoms with Gasteiger partial charge in [0.15, 0.2) is 11.4 Å². The van der Waals surface area contributed by atoms with Crippen molar-refractivity contribution in [2.24, 2.45) is 0 Å². The second kappa shape index (κ2) is 10.9. The molecular weight excluding hydrogens is 518 g/mol. The van der Waals surface area contributed by atoms with Crippen LogP contribution in [0.3, 0.4) is 0 Å². The maximum Gasteiger partial charge on any atom is 0.236 e. The molecule has 206 valence electrons. The Balaban J connectivity index is 1.18. The van der Waals surface area contributed by atoms with Crippen LogP contribution < -0.4 is 9.64 Å². The number of fused-ring (bicyclic) bond motifs is 1. The zero-order valence-corrected chi connectivity index (χ0v) is 23.3. The first kappa shape index (κ1) is 25.7. The molecule has 39 heavy (non-hydrogen) atoms. The third-order valence-corrected chi connectivity index (χ3v) is 8.41. The second-order valence-electron chi connectivity index (χ2n) is 10.1. The van der Waals surface area contributed by atoms with Crippen molar-refractivity contribution in [3.8, 4) is 27.7 Å². The summed E-state index contributed by atoms with van der Waals surface area (Å²) in [6.07, 6.45) is 5.36. The number of hydrogen-bond acceptors (Lipinski definition) is 10. The largest absolute Gasteiger partial charge is 0.493 e. The summed E-state index contributed by atoms with van der Waals surface area (Å²) in [6.45, 7) is 10.9. The van der Waals surface area contributed by atoms with Crippen LogP contribution in [0, 0.1) is 0 Å². The molecule has 1 N–H and O–H groups in total. The molecule has 2 saturated heterocycles. The lowest BCUT2D eigenvalue weighted by atomic mass is 9.97. The Bertz CT molecular complexity index is 1450. The van der Waals surface area contributed by atoms with Gasteiger partial charge in [-0.25, -0.2) is 14.5 Å². The van der Waals surface area contributed by atoms with Gasteiger partial charge in [0.05, 0.1) is 44.5 Å². The number of aromatic amines is 1. The normalized spacial score (nSPS) is 16.9. The standard InChI is InChI=1S/C26H33N9O3S/c1-17(2)22-23(18-12-19(37-3)25-28-16-29-35(25)14-18)30-31-24(22)26-27-13-21(39-26)34-6-4-33(5-7-34)20(36)15-32-8-10-38-11-9-32/h12-14,16-17H,4-11,15H2,1-3H3,(H,30,31). The van der Waals surface area contributed by atoms with E-state index in [2.05, 4.69) is 38.8 Å². The van der Waals surface area contributed by atoms with E-state index in [0.29, 0.717) is 44.2 Å². The number of pyridine rings is 1. The van der Waals surface area contributed by atoms with E-state index in [-0.39, 0.29) is 11.8 Å². The van der Waals surface area contributed by atoms with E-state index in [0.717, 1.165) is 58.7 Å². The van der Waals surface area contributed by atoms with Crippen molar-refractivity contribution in [3.05, 3.63) is 30.4 Å². The number of amides is 1. The van der Waals surface area contributed by atoms with Crippen molar-refractivity contribution in [1.82, 2.24) is 39.6 Å². The van der Waals surface area contributed by atoms with Crippen LogP contribution in [0.4, 0.5) is 5.00 Å². The van der Waals surface area contributed by atoms with Crippen molar-refractivity contribution in [1.29, 1.82) is 0 Å². The lowest BCUT2D eigenvalue weighted by Crippen LogP contribution is -2.52. The second-order valence-corrected chi connectivity index (χ2v) is 11.1. The molecule has 0 aliphatic carbocycles. The van der Waals surface area contributed by atoms with Gasteiger partial charge >= 0.3 is 0 Å². The Morgan fingerprint density at radius 1 is 1.15 bits per heavy atom. The zero-order valence-electron chi connectivity index (χ0n) is 22.5. The first-order valence-corrected chi connectivity index (χ1v) is 14.1. The number of hydrogen-bond donors (Lipinski definition) is 1. The van der Waals surface area contributed by atoms with Crippen molar-refractivity contribution >= 4 is 27.9 Å². The number of aromatic nitrogens is 6. The molecule has 0 unspecified atom stereocenters. The van der Waals surface area contributed by atoms with Gasteiger partial charge in [-0.3, -0.25) is 14.8 Å². The summed E-state index contributed by atoms with van der Waals surface area (Å²) >= 11 is 1.65. The summed E-state index contributed by atoms with van der Waals surface area (Å²) in [5, 5.41) is 14.2. The van der Waals surface area contributed by atoms with Crippen molar-refractivity contribution in [2.75, 3.05) is 71.0 Å². The first-order chi connectivity index (χ1) is 19.0. The van der Waals surface area contributed by atoms with Gasteiger partial charge in [-0.2, -0.15) is 10.2 Å². The predicted octanol–water partition coefficient (Wildman–Crippen LogP) is 2.36. The van der Waals surface area contributed by atoms with Crippen LogP contribution in [0.1, 0.15) is 25.3 Å². The van der Waals surface area contributed by atoms with Crippen molar-refractivity contribution in [2.45, 2.75) is 19.8 Å². The van der Waals surface area contributed by atoms with Crippen molar-refractivity contribution in [3.63, 3.8) is 0 Å². The third-order valence-electron chi connectivity index (χ3n) is 7.33. The minimum Gasteiger partial charge on any atom is -0.493 e. The molecule has 1 amide bonds. The average Bonchev–Trinajstić information content (AvgIpc) is 3.72. The summed E-state index contributed by atoms with van der Waals surface area (Å²) in [6, 6.07) is 1.95. The average molecular weight is 552 g/mol. The molecule has 6 rings (SSSR count). The molecular formula is C26H33N9O3S. The monoisotopic (exact) mass is 551 g/mol. The van der Waals surface area contributed by atoms with Crippen LogP contribution in [-0.4, -0.2) is 112 Å². The van der Waals surface area contributed by atoms with E-state index in [4.69, 9.17) is 19.6 Å². The minimum atomic E-state index is 0.203. The van der Waals surface area contributed by atoms with Crippen molar-refractivity contribution < 1.29 is 14.3 Å². The lowest BCUT2D eigenvalue weighted by Gasteiger charge is -2.36. The quantitative estimate of drug-likeness (QED) is 0.369. The zero-order chi connectivity index (χ0) is 26.9. The number of thiazole rings is 1. The fraction of sp³-hybridized carbons (Fsp3) is 0.500. The number of rotatable bonds is 7. The SMILES string of the molecule is COc1cc(-c2n[nH]c(-c3ncc(N4CCN(C(=O)CN5CCOCC5)CC4)s3)c2C(C)C)cn2ncnc12. The van der Waals surface area contributed by atoms with Crippen LogP contribution in [0.5, 0.6) is 5.75 Å². The lowest BCUT2D eigenvalue weighted by molar-refractivity contribution is -0.133. The highest BCUT2D eigenvalue weighted by Crippen LogP contribution is 2.39. The minimum absolute atomic E-state index is 0.203. The number of carbonyl (C=O) groups excluding carboxylic acids is 1. The molecule has 2 aliphatic rings. The van der Waals surface area contributed by atoms with E-state index in [1.807, 2.05) is 23.4 Å². The van der Waals surface area contributed by atoms with Gasteiger partial charge in [0.25, 0.3) is 0 Å². The molecule has 0 bridgehead atoms. The summed E-state index contributed by atoms with van der Waals surface area (Å²) in [4.78, 5) is 28.3. The van der Waals surface area contributed by atoms with E-state index in [9.17, 15) is 4.79 Å². The molecule has 12 nitrogen and oxygen atoms in total. The Morgan fingerprint density at radius 2 is 1.95 bits per heavy atom. The number of nitrogens with zero attached hydrogens (tertiary/aromatic N) is 8. The molecule has 4 aromatic rings. The summed E-state index contributed by atoms with van der Waals surface area (Å²) in [7, 11) is 1.63. The molecule has 2 fully saturated rings. The highest BCUT2D eigenvalue weighted by Gasteiger charge is 2.26. The maximum absolute atomic E-state index is 12.8. The predicted molar refractivity (Wildman–Crippen MR) is 148 cm³/mol. The highest BCUT2D eigenvalue weighted by molar-refractivity contribution is 7.18. The molecule has 6 heterocycles. The van der Waals surface area contributed by atoms with E-state index in [1.54, 1.807) is 23.0 Å². The molecule has 0 atom stereocenters. The number of anilines is 1. The van der Waals surface area contributed by atoms with Gasteiger partial charge in [0.1, 0.15) is 16.3 Å². The van der Waals surface area contributed by atoms with Crippen LogP contribution in [-0.2, 0) is 9.53 Å². The number of H-pyrrole nitrogens is 1. The molecule has 0 spiro atoms. The smallest absolute Gasteiger partial charge is 0.236 e. The molecule has 2 aliphatic heterocycles. The van der Waals surface area contributed by atoms with E-state index >= 15 is 0 Å². The van der Waals surface area contributed by atoms with Gasteiger partial charge in [0.2, 0.25) is 5.91 Å². The Kier molecular flexibility index (Phi) is 7.19. The number of morpholine rings is 1. The maximum atomic E-state index is 12.8.